The molecular weight excluding hydrogens is 493 g/mol. The van der Waals surface area contributed by atoms with Gasteiger partial charge in [-0.15, -0.1) is 13.2 Å². The van der Waals surface area contributed by atoms with Crippen molar-refractivity contribution in [2.75, 3.05) is 37.6 Å². The van der Waals surface area contributed by atoms with Crippen molar-refractivity contribution in [1.82, 2.24) is 15.2 Å². The molecule has 6 nitrogen and oxygen atoms in total. The third-order valence-electron chi connectivity index (χ3n) is 7.88. The standard InChI is InChI=1S/C29H35F3N4O2/c30-29(31,32)38-26-4-2-25(3-5-26)36-17-11-23(12-18-36)28(37)34-13-7-21-9-15-35(16-10-21)20-22-1-6-27-24(19-22)8-14-33-27/h1-6,8,14,19,21,23,33H,7,9-13,15-18,20H2,(H,34,37). The van der Waals surface area contributed by atoms with Gasteiger partial charge in [0.25, 0.3) is 0 Å². The number of hydrogen-bond acceptors (Lipinski definition) is 4. The molecule has 0 radical (unpaired) electrons. The summed E-state index contributed by atoms with van der Waals surface area (Å²) < 4.78 is 41.0. The van der Waals surface area contributed by atoms with E-state index in [0.717, 1.165) is 57.4 Å². The van der Waals surface area contributed by atoms with E-state index in [1.165, 1.54) is 28.6 Å². The molecule has 0 spiro atoms. The molecule has 0 aliphatic carbocycles. The van der Waals surface area contributed by atoms with Crippen molar-refractivity contribution in [3.63, 3.8) is 0 Å². The highest BCUT2D eigenvalue weighted by molar-refractivity contribution is 5.80. The number of hydrogen-bond donors (Lipinski definition) is 2. The van der Waals surface area contributed by atoms with Crippen molar-refractivity contribution in [3.05, 3.63) is 60.3 Å². The SMILES string of the molecule is O=C(NCCC1CCN(Cc2ccc3[nH]ccc3c2)CC1)C1CCN(c2ccc(OC(F)(F)F)cc2)CC1. The summed E-state index contributed by atoms with van der Waals surface area (Å²) >= 11 is 0. The zero-order chi connectivity index (χ0) is 26.5. The van der Waals surface area contributed by atoms with Gasteiger partial charge in [-0.05, 0) is 105 Å². The Morgan fingerprint density at radius 3 is 2.42 bits per heavy atom. The molecule has 2 N–H and O–H groups in total. The molecule has 0 bridgehead atoms. The van der Waals surface area contributed by atoms with Crippen molar-refractivity contribution < 1.29 is 22.7 Å². The van der Waals surface area contributed by atoms with E-state index in [-0.39, 0.29) is 17.6 Å². The summed E-state index contributed by atoms with van der Waals surface area (Å²) in [6, 6.07) is 14.7. The maximum atomic E-state index is 12.7. The van der Waals surface area contributed by atoms with Gasteiger partial charge >= 0.3 is 6.36 Å². The zero-order valence-corrected chi connectivity index (χ0v) is 21.5. The molecule has 2 fully saturated rings. The van der Waals surface area contributed by atoms with E-state index in [9.17, 15) is 18.0 Å². The monoisotopic (exact) mass is 528 g/mol. The number of H-pyrrole nitrogens is 1. The van der Waals surface area contributed by atoms with Gasteiger partial charge in [-0.3, -0.25) is 9.69 Å². The van der Waals surface area contributed by atoms with Gasteiger partial charge < -0.3 is 19.9 Å². The fraction of sp³-hybridized carbons (Fsp3) is 0.483. The van der Waals surface area contributed by atoms with Crippen LogP contribution in [0.1, 0.15) is 37.7 Å². The lowest BCUT2D eigenvalue weighted by atomic mass is 9.92. The molecule has 1 amide bonds. The fourth-order valence-electron chi connectivity index (χ4n) is 5.69. The summed E-state index contributed by atoms with van der Waals surface area (Å²) in [7, 11) is 0. The number of benzene rings is 2. The lowest BCUT2D eigenvalue weighted by Crippen LogP contribution is -2.41. The average molecular weight is 529 g/mol. The van der Waals surface area contributed by atoms with E-state index >= 15 is 0 Å². The largest absolute Gasteiger partial charge is 0.573 e. The number of carbonyl (C=O) groups excluding carboxylic acids is 1. The molecule has 2 aromatic carbocycles. The van der Waals surface area contributed by atoms with Crippen LogP contribution >= 0.6 is 0 Å². The number of carbonyl (C=O) groups is 1. The minimum Gasteiger partial charge on any atom is -0.406 e. The summed E-state index contributed by atoms with van der Waals surface area (Å²) in [5, 5.41) is 4.41. The summed E-state index contributed by atoms with van der Waals surface area (Å²) in [6.07, 6.45) is 2.09. The minimum atomic E-state index is -4.69. The van der Waals surface area contributed by atoms with Crippen LogP contribution in [0.4, 0.5) is 18.9 Å². The van der Waals surface area contributed by atoms with Crippen molar-refractivity contribution >= 4 is 22.5 Å². The van der Waals surface area contributed by atoms with E-state index < -0.39 is 6.36 Å². The van der Waals surface area contributed by atoms with Gasteiger partial charge in [-0.1, -0.05) is 6.07 Å². The Labute approximate surface area is 221 Å². The molecule has 3 aromatic rings. The van der Waals surface area contributed by atoms with Crippen LogP contribution in [0.25, 0.3) is 10.9 Å². The van der Waals surface area contributed by atoms with Gasteiger partial charge in [0, 0.05) is 49.5 Å². The Balaban J connectivity index is 0.977. The zero-order valence-electron chi connectivity index (χ0n) is 21.5. The Kier molecular flexibility index (Phi) is 8.12. The molecule has 2 saturated heterocycles. The topological polar surface area (TPSA) is 60.6 Å². The molecule has 0 unspecified atom stereocenters. The molecule has 0 saturated carbocycles. The molecule has 9 heteroatoms. The molecule has 1 aromatic heterocycles. The van der Waals surface area contributed by atoms with E-state index in [2.05, 4.69) is 49.1 Å². The van der Waals surface area contributed by atoms with Gasteiger partial charge in [-0.25, -0.2) is 0 Å². The molecule has 2 aliphatic heterocycles. The van der Waals surface area contributed by atoms with Gasteiger partial charge in [0.1, 0.15) is 5.75 Å². The molecule has 204 valence electrons. The number of fused-ring (bicyclic) bond motifs is 1. The third kappa shape index (κ3) is 7.01. The van der Waals surface area contributed by atoms with Crippen LogP contribution < -0.4 is 15.0 Å². The van der Waals surface area contributed by atoms with Crippen LogP contribution in [0.5, 0.6) is 5.75 Å². The number of piperidine rings is 2. The summed E-state index contributed by atoms with van der Waals surface area (Å²) in [5.74, 6) is 0.523. The first-order valence-electron chi connectivity index (χ1n) is 13.5. The third-order valence-corrected chi connectivity index (χ3v) is 7.88. The maximum absolute atomic E-state index is 12.7. The number of alkyl halides is 3. The lowest BCUT2D eigenvalue weighted by molar-refractivity contribution is -0.274. The smallest absolute Gasteiger partial charge is 0.406 e. The predicted molar refractivity (Wildman–Crippen MR) is 142 cm³/mol. The maximum Gasteiger partial charge on any atom is 0.573 e. The fourth-order valence-corrected chi connectivity index (χ4v) is 5.69. The number of rotatable bonds is 8. The first kappa shape index (κ1) is 26.4. The van der Waals surface area contributed by atoms with Crippen LogP contribution in [0.15, 0.2) is 54.7 Å². The highest BCUT2D eigenvalue weighted by Crippen LogP contribution is 2.28. The molecule has 0 atom stereocenters. The number of ether oxygens (including phenoxy) is 1. The highest BCUT2D eigenvalue weighted by atomic mass is 19.4. The number of anilines is 1. The first-order chi connectivity index (χ1) is 18.3. The van der Waals surface area contributed by atoms with Crippen LogP contribution in [-0.4, -0.2) is 54.9 Å². The minimum absolute atomic E-state index is 0.0155. The number of aromatic amines is 1. The Hall–Kier alpha value is -3.20. The van der Waals surface area contributed by atoms with Crippen LogP contribution in [0.3, 0.4) is 0 Å². The summed E-state index contributed by atoms with van der Waals surface area (Å²) in [4.78, 5) is 20.6. The van der Waals surface area contributed by atoms with Gasteiger partial charge in [0.05, 0.1) is 0 Å². The summed E-state index contributed by atoms with van der Waals surface area (Å²) in [6.45, 7) is 5.28. The van der Waals surface area contributed by atoms with E-state index in [4.69, 9.17) is 0 Å². The Morgan fingerprint density at radius 1 is 0.974 bits per heavy atom. The van der Waals surface area contributed by atoms with Crippen molar-refractivity contribution in [3.8, 4) is 5.75 Å². The van der Waals surface area contributed by atoms with Crippen molar-refractivity contribution in [2.45, 2.75) is 45.0 Å². The summed E-state index contributed by atoms with van der Waals surface area (Å²) in [5.41, 5.74) is 3.37. The molecule has 38 heavy (non-hydrogen) atoms. The average Bonchev–Trinajstić information content (AvgIpc) is 3.37. The Morgan fingerprint density at radius 2 is 1.71 bits per heavy atom. The highest BCUT2D eigenvalue weighted by Gasteiger charge is 2.31. The van der Waals surface area contributed by atoms with Crippen molar-refractivity contribution in [2.24, 2.45) is 11.8 Å². The molecule has 2 aliphatic rings. The van der Waals surface area contributed by atoms with Gasteiger partial charge in [-0.2, -0.15) is 0 Å². The van der Waals surface area contributed by atoms with E-state index in [1.807, 2.05) is 6.20 Å². The van der Waals surface area contributed by atoms with Crippen LogP contribution in [-0.2, 0) is 11.3 Å². The molecule has 3 heterocycles. The number of nitrogens with zero attached hydrogens (tertiary/aromatic N) is 2. The lowest BCUT2D eigenvalue weighted by Gasteiger charge is -2.33. The Bertz CT molecular complexity index is 1190. The number of likely N-dealkylation sites (tertiary alicyclic amines) is 1. The van der Waals surface area contributed by atoms with E-state index in [0.29, 0.717) is 25.6 Å². The number of aromatic nitrogens is 1. The first-order valence-corrected chi connectivity index (χ1v) is 13.5. The van der Waals surface area contributed by atoms with Crippen molar-refractivity contribution in [1.29, 1.82) is 0 Å². The number of nitrogens with one attached hydrogen (secondary N) is 2. The van der Waals surface area contributed by atoms with Gasteiger partial charge in [0.15, 0.2) is 0 Å². The van der Waals surface area contributed by atoms with Crippen LogP contribution in [0.2, 0.25) is 0 Å². The molecule has 5 rings (SSSR count). The van der Waals surface area contributed by atoms with E-state index in [1.54, 1.807) is 12.1 Å². The predicted octanol–water partition coefficient (Wildman–Crippen LogP) is 5.70. The molecular formula is C29H35F3N4O2. The second-order valence-corrected chi connectivity index (χ2v) is 10.5. The second-order valence-electron chi connectivity index (χ2n) is 10.5. The number of amides is 1. The van der Waals surface area contributed by atoms with Crippen LogP contribution in [0, 0.1) is 11.8 Å². The van der Waals surface area contributed by atoms with Gasteiger partial charge in [0.2, 0.25) is 5.91 Å². The quantitative estimate of drug-likeness (QED) is 0.394. The second kappa shape index (κ2) is 11.7. The number of halogens is 3. The normalized spacial score (nSPS) is 18.1.